The van der Waals surface area contributed by atoms with E-state index in [1.54, 1.807) is 48.5 Å². The van der Waals surface area contributed by atoms with E-state index in [2.05, 4.69) is 21.0 Å². The number of Topliss-reactive ketones (excluding diaryl/α,β-unsaturated/α-hetero) is 1. The molecule has 0 bridgehead atoms. The molecule has 1 heterocycles. The molecule has 0 unspecified atom stereocenters. The average molecular weight is 413 g/mol. The van der Waals surface area contributed by atoms with Crippen LogP contribution in [0.25, 0.3) is 5.69 Å². The Balaban J connectivity index is 1.64. The second-order valence-electron chi connectivity index (χ2n) is 5.89. The summed E-state index contributed by atoms with van der Waals surface area (Å²) < 4.78 is 7.82. The number of esters is 1. The first-order valence-corrected chi connectivity index (χ1v) is 8.83. The van der Waals surface area contributed by atoms with Crippen molar-refractivity contribution in [3.8, 4) is 5.69 Å². The van der Waals surface area contributed by atoms with E-state index < -0.39 is 5.97 Å². The van der Waals surface area contributed by atoms with Crippen LogP contribution >= 0.6 is 15.9 Å². The Labute approximate surface area is 159 Å². The minimum absolute atomic E-state index is 0.245. The van der Waals surface area contributed by atoms with Crippen molar-refractivity contribution in [3.05, 3.63) is 81.6 Å². The normalized spacial score (nSPS) is 10.6. The molecule has 26 heavy (non-hydrogen) atoms. The SMILES string of the molecule is Cc1cc(C)n(-c2ccc(C(=O)OCC(=O)c3ccc(Br)cc3)cc2)n1. The van der Waals surface area contributed by atoms with Crippen LogP contribution < -0.4 is 0 Å². The molecule has 0 radical (unpaired) electrons. The topological polar surface area (TPSA) is 61.2 Å². The summed E-state index contributed by atoms with van der Waals surface area (Å²) in [5, 5.41) is 4.41. The number of benzene rings is 2. The van der Waals surface area contributed by atoms with Gasteiger partial charge in [0.05, 0.1) is 16.9 Å². The number of rotatable bonds is 5. The van der Waals surface area contributed by atoms with Crippen LogP contribution in [0.15, 0.2) is 59.1 Å². The van der Waals surface area contributed by atoms with Gasteiger partial charge in [0.15, 0.2) is 12.4 Å². The number of carbonyl (C=O) groups excluding carboxylic acids is 2. The zero-order chi connectivity index (χ0) is 18.7. The molecule has 0 N–H and O–H groups in total. The average Bonchev–Trinajstić information content (AvgIpc) is 2.98. The van der Waals surface area contributed by atoms with Gasteiger partial charge in [0, 0.05) is 15.7 Å². The van der Waals surface area contributed by atoms with Gasteiger partial charge >= 0.3 is 5.97 Å². The first kappa shape index (κ1) is 18.1. The molecular weight excluding hydrogens is 396 g/mol. The summed E-state index contributed by atoms with van der Waals surface area (Å²) in [5.74, 6) is -0.777. The van der Waals surface area contributed by atoms with Crippen molar-refractivity contribution in [3.63, 3.8) is 0 Å². The number of carbonyl (C=O) groups is 2. The van der Waals surface area contributed by atoms with Crippen molar-refractivity contribution < 1.29 is 14.3 Å². The fourth-order valence-electron chi connectivity index (χ4n) is 2.56. The molecular formula is C20H17BrN2O3. The van der Waals surface area contributed by atoms with Gasteiger partial charge in [0.25, 0.3) is 0 Å². The number of aromatic nitrogens is 2. The van der Waals surface area contributed by atoms with Crippen molar-refractivity contribution in [2.45, 2.75) is 13.8 Å². The molecule has 2 aromatic carbocycles. The molecule has 0 saturated heterocycles. The number of nitrogens with zero attached hydrogens (tertiary/aromatic N) is 2. The van der Waals surface area contributed by atoms with E-state index in [1.807, 2.05) is 24.6 Å². The van der Waals surface area contributed by atoms with E-state index >= 15 is 0 Å². The second kappa shape index (κ2) is 7.66. The van der Waals surface area contributed by atoms with Crippen LogP contribution in [0.4, 0.5) is 0 Å². The van der Waals surface area contributed by atoms with Crippen LogP contribution in [0.5, 0.6) is 0 Å². The summed E-state index contributed by atoms with van der Waals surface area (Å²) in [7, 11) is 0. The number of halogens is 1. The molecule has 0 aliphatic rings. The van der Waals surface area contributed by atoms with E-state index in [1.165, 1.54) is 0 Å². The van der Waals surface area contributed by atoms with Gasteiger partial charge in [-0.15, -0.1) is 0 Å². The molecule has 5 nitrogen and oxygen atoms in total. The summed E-state index contributed by atoms with van der Waals surface area (Å²) in [6, 6.07) is 15.8. The van der Waals surface area contributed by atoms with Crippen LogP contribution in [0, 0.1) is 13.8 Å². The standard InChI is InChI=1S/C20H17BrN2O3/c1-13-11-14(2)23(22-13)18-9-5-16(6-10-18)20(25)26-12-19(24)15-3-7-17(21)8-4-15/h3-11H,12H2,1-2H3. The van der Waals surface area contributed by atoms with Gasteiger partial charge in [-0.1, -0.05) is 28.1 Å². The van der Waals surface area contributed by atoms with Crippen LogP contribution in [0.2, 0.25) is 0 Å². The maximum absolute atomic E-state index is 12.1. The van der Waals surface area contributed by atoms with Crippen molar-refractivity contribution in [2.24, 2.45) is 0 Å². The van der Waals surface area contributed by atoms with Crippen LogP contribution in [0.3, 0.4) is 0 Å². The Kier molecular flexibility index (Phi) is 5.32. The van der Waals surface area contributed by atoms with Gasteiger partial charge in [-0.3, -0.25) is 4.79 Å². The molecule has 0 amide bonds. The van der Waals surface area contributed by atoms with Gasteiger partial charge in [-0.05, 0) is 56.3 Å². The molecule has 0 aliphatic heterocycles. The molecule has 132 valence electrons. The Morgan fingerprint density at radius 2 is 1.62 bits per heavy atom. The first-order valence-electron chi connectivity index (χ1n) is 8.03. The highest BCUT2D eigenvalue weighted by molar-refractivity contribution is 9.10. The minimum Gasteiger partial charge on any atom is -0.454 e. The van der Waals surface area contributed by atoms with Gasteiger partial charge in [-0.2, -0.15) is 5.10 Å². The molecule has 3 aromatic rings. The number of aryl methyl sites for hydroxylation is 2. The molecule has 6 heteroatoms. The lowest BCUT2D eigenvalue weighted by Gasteiger charge is -2.07. The lowest BCUT2D eigenvalue weighted by molar-refractivity contribution is 0.0475. The zero-order valence-corrected chi connectivity index (χ0v) is 16.0. The highest BCUT2D eigenvalue weighted by Gasteiger charge is 2.12. The summed E-state index contributed by atoms with van der Waals surface area (Å²) in [6.07, 6.45) is 0. The third kappa shape index (κ3) is 4.08. The largest absolute Gasteiger partial charge is 0.454 e. The first-order chi connectivity index (χ1) is 12.4. The Hall–Kier alpha value is -2.73. The number of hydrogen-bond donors (Lipinski definition) is 0. The predicted molar refractivity (Wildman–Crippen MR) is 102 cm³/mol. The Morgan fingerprint density at radius 1 is 1.00 bits per heavy atom. The van der Waals surface area contributed by atoms with Crippen LogP contribution in [0.1, 0.15) is 32.1 Å². The summed E-state index contributed by atoms with van der Waals surface area (Å²) >= 11 is 3.31. The summed E-state index contributed by atoms with van der Waals surface area (Å²) in [6.45, 7) is 3.60. The van der Waals surface area contributed by atoms with Gasteiger partial charge in [0.1, 0.15) is 0 Å². The molecule has 0 spiro atoms. The van der Waals surface area contributed by atoms with Crippen LogP contribution in [-0.4, -0.2) is 28.1 Å². The number of ether oxygens (including phenoxy) is 1. The third-order valence-corrected chi connectivity index (χ3v) is 4.39. The van der Waals surface area contributed by atoms with E-state index in [9.17, 15) is 9.59 Å². The molecule has 0 atom stereocenters. The quantitative estimate of drug-likeness (QED) is 0.463. The van der Waals surface area contributed by atoms with Gasteiger partial charge in [0.2, 0.25) is 0 Å². The smallest absolute Gasteiger partial charge is 0.338 e. The fourth-order valence-corrected chi connectivity index (χ4v) is 2.83. The zero-order valence-electron chi connectivity index (χ0n) is 14.4. The molecule has 0 saturated carbocycles. The fraction of sp³-hybridized carbons (Fsp3) is 0.150. The van der Waals surface area contributed by atoms with Crippen LogP contribution in [-0.2, 0) is 4.74 Å². The third-order valence-electron chi connectivity index (χ3n) is 3.86. The summed E-state index contributed by atoms with van der Waals surface area (Å²) in [5.41, 5.74) is 3.69. The van der Waals surface area contributed by atoms with E-state index in [-0.39, 0.29) is 12.4 Å². The second-order valence-corrected chi connectivity index (χ2v) is 6.81. The number of ketones is 1. The van der Waals surface area contributed by atoms with Crippen molar-refractivity contribution in [1.29, 1.82) is 0 Å². The van der Waals surface area contributed by atoms with Crippen molar-refractivity contribution >= 4 is 27.7 Å². The van der Waals surface area contributed by atoms with Crippen molar-refractivity contribution in [1.82, 2.24) is 9.78 Å². The van der Waals surface area contributed by atoms with Gasteiger partial charge in [-0.25, -0.2) is 9.48 Å². The van der Waals surface area contributed by atoms with E-state index in [0.717, 1.165) is 21.5 Å². The molecule has 0 aliphatic carbocycles. The monoisotopic (exact) mass is 412 g/mol. The Bertz CT molecular complexity index is 944. The summed E-state index contributed by atoms with van der Waals surface area (Å²) in [4.78, 5) is 24.2. The minimum atomic E-state index is -0.532. The maximum Gasteiger partial charge on any atom is 0.338 e. The van der Waals surface area contributed by atoms with E-state index in [4.69, 9.17) is 4.74 Å². The maximum atomic E-state index is 12.1. The van der Waals surface area contributed by atoms with E-state index in [0.29, 0.717) is 11.1 Å². The highest BCUT2D eigenvalue weighted by atomic mass is 79.9. The number of hydrogen-bond acceptors (Lipinski definition) is 4. The molecule has 0 fully saturated rings. The lowest BCUT2D eigenvalue weighted by atomic mass is 10.1. The molecule has 1 aromatic heterocycles. The highest BCUT2D eigenvalue weighted by Crippen LogP contribution is 2.14. The Morgan fingerprint density at radius 3 is 2.19 bits per heavy atom. The van der Waals surface area contributed by atoms with Crippen molar-refractivity contribution in [2.75, 3.05) is 6.61 Å². The molecule has 3 rings (SSSR count). The predicted octanol–water partition coefficient (Wildman–Crippen LogP) is 4.29. The lowest BCUT2D eigenvalue weighted by Crippen LogP contribution is -2.14. The van der Waals surface area contributed by atoms with Gasteiger partial charge < -0.3 is 4.74 Å².